The van der Waals surface area contributed by atoms with E-state index in [1.54, 1.807) is 12.1 Å². The number of hydrogen-bond acceptors (Lipinski definition) is 5. The topological polar surface area (TPSA) is 73.1 Å². The molecule has 0 saturated heterocycles. The molecule has 0 aliphatic carbocycles. The lowest BCUT2D eigenvalue weighted by Crippen LogP contribution is -2.04. The Labute approximate surface area is 118 Å². The Bertz CT molecular complexity index is 594. The van der Waals surface area contributed by atoms with Gasteiger partial charge in [0.1, 0.15) is 17.4 Å². The number of anilines is 2. The fourth-order valence-corrected chi connectivity index (χ4v) is 1.76. The van der Waals surface area contributed by atoms with Gasteiger partial charge >= 0.3 is 0 Å². The first-order valence-electron chi connectivity index (χ1n) is 5.60. The molecule has 0 atom stereocenters. The first-order valence-corrected chi connectivity index (χ1v) is 6.39. The van der Waals surface area contributed by atoms with Crippen molar-refractivity contribution in [2.75, 3.05) is 17.6 Å². The third kappa shape index (κ3) is 3.54. The molecule has 7 heteroatoms. The van der Waals surface area contributed by atoms with Crippen molar-refractivity contribution in [1.82, 2.24) is 9.97 Å². The maximum atomic E-state index is 13.2. The Morgan fingerprint density at radius 1 is 1.37 bits per heavy atom. The third-order valence-electron chi connectivity index (χ3n) is 2.19. The minimum absolute atomic E-state index is 0.0842. The highest BCUT2D eigenvalue weighted by molar-refractivity contribution is 9.10. The number of nitrogens with one attached hydrogen (secondary N) is 1. The second kappa shape index (κ2) is 5.83. The summed E-state index contributed by atoms with van der Waals surface area (Å²) in [6.07, 6.45) is 0. The fourth-order valence-electron chi connectivity index (χ4n) is 1.43. The van der Waals surface area contributed by atoms with Crippen LogP contribution in [0.15, 0.2) is 28.7 Å². The summed E-state index contributed by atoms with van der Waals surface area (Å²) in [5.74, 6) is 0.806. The summed E-state index contributed by atoms with van der Waals surface area (Å²) >= 11 is 3.27. The SMILES string of the molecule is CCNc1cc(Oc2cc(F)ccc2Br)nc(N)n1. The summed E-state index contributed by atoms with van der Waals surface area (Å²) in [6, 6.07) is 5.74. The Kier molecular flexibility index (Phi) is 4.16. The van der Waals surface area contributed by atoms with Crippen molar-refractivity contribution in [2.45, 2.75) is 6.92 Å². The van der Waals surface area contributed by atoms with Gasteiger partial charge in [0.05, 0.1) is 4.47 Å². The number of rotatable bonds is 4. The highest BCUT2D eigenvalue weighted by atomic mass is 79.9. The van der Waals surface area contributed by atoms with Gasteiger partial charge in [0, 0.05) is 18.7 Å². The lowest BCUT2D eigenvalue weighted by Gasteiger charge is -2.09. The summed E-state index contributed by atoms with van der Waals surface area (Å²) in [7, 11) is 0. The predicted molar refractivity (Wildman–Crippen MR) is 74.8 cm³/mol. The molecule has 0 bridgehead atoms. The molecule has 1 aromatic carbocycles. The minimum Gasteiger partial charge on any atom is -0.437 e. The van der Waals surface area contributed by atoms with Gasteiger partial charge in [0.15, 0.2) is 0 Å². The van der Waals surface area contributed by atoms with Crippen LogP contribution in [-0.4, -0.2) is 16.5 Å². The summed E-state index contributed by atoms with van der Waals surface area (Å²) in [5.41, 5.74) is 5.58. The lowest BCUT2D eigenvalue weighted by molar-refractivity contribution is 0.455. The van der Waals surface area contributed by atoms with E-state index in [-0.39, 0.29) is 11.8 Å². The summed E-state index contributed by atoms with van der Waals surface area (Å²) in [4.78, 5) is 7.94. The first-order chi connectivity index (χ1) is 9.08. The highest BCUT2D eigenvalue weighted by Gasteiger charge is 2.08. The van der Waals surface area contributed by atoms with Gasteiger partial charge in [-0.3, -0.25) is 0 Å². The van der Waals surface area contributed by atoms with Crippen LogP contribution in [0.5, 0.6) is 11.6 Å². The number of nitrogens with two attached hydrogens (primary N) is 1. The Balaban J connectivity index is 2.29. The van der Waals surface area contributed by atoms with Gasteiger partial charge in [0.2, 0.25) is 11.8 Å². The van der Waals surface area contributed by atoms with Crippen LogP contribution in [0.3, 0.4) is 0 Å². The van der Waals surface area contributed by atoms with Crippen molar-refractivity contribution in [2.24, 2.45) is 0 Å². The molecule has 0 aliphatic rings. The Morgan fingerprint density at radius 3 is 2.89 bits per heavy atom. The third-order valence-corrected chi connectivity index (χ3v) is 2.84. The number of halogens is 2. The Hall–Kier alpha value is -1.89. The number of nitrogens with zero attached hydrogens (tertiary/aromatic N) is 2. The predicted octanol–water partition coefficient (Wildman–Crippen LogP) is 3.18. The van der Waals surface area contributed by atoms with Crippen LogP contribution in [0.2, 0.25) is 0 Å². The van der Waals surface area contributed by atoms with Crippen molar-refractivity contribution in [1.29, 1.82) is 0 Å². The molecular weight excluding hydrogens is 315 g/mol. The van der Waals surface area contributed by atoms with E-state index in [9.17, 15) is 4.39 Å². The van der Waals surface area contributed by atoms with Crippen molar-refractivity contribution in [3.8, 4) is 11.6 Å². The van der Waals surface area contributed by atoms with Crippen LogP contribution in [0.1, 0.15) is 6.92 Å². The second-order valence-electron chi connectivity index (χ2n) is 3.66. The quantitative estimate of drug-likeness (QED) is 0.902. The second-order valence-corrected chi connectivity index (χ2v) is 4.51. The molecule has 0 unspecified atom stereocenters. The van der Waals surface area contributed by atoms with Crippen LogP contribution < -0.4 is 15.8 Å². The van der Waals surface area contributed by atoms with Crippen molar-refractivity contribution < 1.29 is 9.13 Å². The van der Waals surface area contributed by atoms with Crippen molar-refractivity contribution >= 4 is 27.7 Å². The molecule has 1 heterocycles. The van der Waals surface area contributed by atoms with E-state index in [0.717, 1.165) is 0 Å². The van der Waals surface area contributed by atoms with Gasteiger partial charge in [0.25, 0.3) is 0 Å². The largest absolute Gasteiger partial charge is 0.437 e. The molecule has 1 aromatic heterocycles. The van der Waals surface area contributed by atoms with Crippen molar-refractivity contribution in [3.05, 3.63) is 34.6 Å². The smallest absolute Gasteiger partial charge is 0.226 e. The van der Waals surface area contributed by atoms with E-state index in [1.165, 1.54) is 12.1 Å². The number of ether oxygens (including phenoxy) is 1. The van der Waals surface area contributed by atoms with E-state index in [1.807, 2.05) is 6.92 Å². The lowest BCUT2D eigenvalue weighted by atomic mass is 10.3. The molecule has 0 spiro atoms. The van der Waals surface area contributed by atoms with Gasteiger partial charge in [-0.2, -0.15) is 9.97 Å². The molecule has 0 aliphatic heterocycles. The van der Waals surface area contributed by atoms with Gasteiger partial charge in [-0.15, -0.1) is 0 Å². The molecule has 100 valence electrons. The van der Waals surface area contributed by atoms with Crippen LogP contribution in [0, 0.1) is 5.82 Å². The van der Waals surface area contributed by atoms with E-state index in [2.05, 4.69) is 31.2 Å². The number of aromatic nitrogens is 2. The standard InChI is InChI=1S/C12H12BrFN4O/c1-2-16-10-6-11(18-12(15)17-10)19-9-5-7(14)3-4-8(9)13/h3-6H,2H2,1H3,(H3,15,16,17,18). The maximum Gasteiger partial charge on any atom is 0.226 e. The molecule has 0 fully saturated rings. The molecule has 3 N–H and O–H groups in total. The van der Waals surface area contributed by atoms with Gasteiger partial charge in [-0.1, -0.05) is 0 Å². The van der Waals surface area contributed by atoms with E-state index in [4.69, 9.17) is 10.5 Å². The summed E-state index contributed by atoms with van der Waals surface area (Å²) < 4.78 is 19.3. The van der Waals surface area contributed by atoms with Crippen molar-refractivity contribution in [3.63, 3.8) is 0 Å². The number of benzene rings is 1. The van der Waals surface area contributed by atoms with Gasteiger partial charge < -0.3 is 15.8 Å². The van der Waals surface area contributed by atoms with Crippen LogP contribution >= 0.6 is 15.9 Å². The van der Waals surface area contributed by atoms with Crippen LogP contribution in [-0.2, 0) is 0 Å². The zero-order valence-electron chi connectivity index (χ0n) is 10.2. The fraction of sp³-hybridized carbons (Fsp3) is 0.167. The van der Waals surface area contributed by atoms with E-state index in [0.29, 0.717) is 22.6 Å². The summed E-state index contributed by atoms with van der Waals surface area (Å²) in [6.45, 7) is 2.63. The normalized spacial score (nSPS) is 10.3. The van der Waals surface area contributed by atoms with Gasteiger partial charge in [-0.05, 0) is 35.0 Å². The number of hydrogen-bond donors (Lipinski definition) is 2. The summed E-state index contributed by atoms with van der Waals surface area (Å²) in [5, 5.41) is 3.00. The molecule has 2 rings (SSSR count). The van der Waals surface area contributed by atoms with Gasteiger partial charge in [-0.25, -0.2) is 4.39 Å². The van der Waals surface area contributed by atoms with E-state index >= 15 is 0 Å². The van der Waals surface area contributed by atoms with Crippen LogP contribution in [0.25, 0.3) is 0 Å². The molecule has 0 saturated carbocycles. The molecule has 19 heavy (non-hydrogen) atoms. The average molecular weight is 327 g/mol. The molecular formula is C12H12BrFN4O. The highest BCUT2D eigenvalue weighted by Crippen LogP contribution is 2.30. The van der Waals surface area contributed by atoms with Crippen LogP contribution in [0.4, 0.5) is 16.2 Å². The monoisotopic (exact) mass is 326 g/mol. The molecule has 0 amide bonds. The molecule has 2 aromatic rings. The minimum atomic E-state index is -0.396. The zero-order chi connectivity index (χ0) is 13.8. The maximum absolute atomic E-state index is 13.2. The number of nitrogen functional groups attached to an aromatic ring is 1. The average Bonchev–Trinajstić information content (AvgIpc) is 2.33. The molecule has 0 radical (unpaired) electrons. The first kappa shape index (κ1) is 13.5. The molecule has 5 nitrogen and oxygen atoms in total. The van der Waals surface area contributed by atoms with E-state index < -0.39 is 5.82 Å². The Morgan fingerprint density at radius 2 is 2.16 bits per heavy atom. The zero-order valence-corrected chi connectivity index (χ0v) is 11.7.